The predicted molar refractivity (Wildman–Crippen MR) is 158 cm³/mol. The predicted octanol–water partition coefficient (Wildman–Crippen LogP) is 8.01. The third-order valence-corrected chi connectivity index (χ3v) is 7.97. The van der Waals surface area contributed by atoms with Gasteiger partial charge >= 0.3 is 12.1 Å². The van der Waals surface area contributed by atoms with Crippen molar-refractivity contribution in [3.63, 3.8) is 0 Å². The minimum atomic E-state index is -1.98. The molecule has 2 aromatic rings. The van der Waals surface area contributed by atoms with Gasteiger partial charge in [-0.3, -0.25) is 0 Å². The van der Waals surface area contributed by atoms with Crippen LogP contribution in [0, 0.1) is 25.5 Å². The van der Waals surface area contributed by atoms with Crippen LogP contribution >= 0.6 is 69.6 Å². The number of hydrogen-bond acceptors (Lipinski definition) is 2. The number of carbonyl (C=O) groups excluding carboxylic acids is 2. The standard InChI is InChI=1S/C26H28Cl6F2N4O2/c1-13-7-9-15(11-17(13)33)21(25(27,28)29)37-23(39)35-19-5-3-4-6-20(19)36-24(40)38-22(26(30,31)32)16-10-8-14(2)18(34)12-16/h7-12,19-22H,3-6H2,1-2H3,(H2,35,37,39)(H2,36,38,40)/t19-,20-,21-,22-/m0/s1. The second-order valence-electron chi connectivity index (χ2n) is 9.70. The third kappa shape index (κ3) is 9.04. The molecule has 4 N–H and O–H groups in total. The topological polar surface area (TPSA) is 82.3 Å². The van der Waals surface area contributed by atoms with E-state index in [1.165, 1.54) is 24.3 Å². The highest BCUT2D eigenvalue weighted by molar-refractivity contribution is 6.68. The smallest absolute Gasteiger partial charge is 0.315 e. The molecule has 40 heavy (non-hydrogen) atoms. The molecule has 0 radical (unpaired) electrons. The highest BCUT2D eigenvalue weighted by Gasteiger charge is 2.38. The van der Waals surface area contributed by atoms with E-state index in [1.807, 2.05) is 0 Å². The van der Waals surface area contributed by atoms with Crippen LogP contribution in [0.2, 0.25) is 0 Å². The maximum absolute atomic E-state index is 14.2. The first-order valence-electron chi connectivity index (χ1n) is 12.4. The van der Waals surface area contributed by atoms with Gasteiger partial charge in [0, 0.05) is 0 Å². The number of alkyl halides is 6. The van der Waals surface area contributed by atoms with Crippen LogP contribution in [-0.4, -0.2) is 31.7 Å². The monoisotopic (exact) mass is 676 g/mol. The summed E-state index contributed by atoms with van der Waals surface area (Å²) in [5.41, 5.74) is 1.33. The average molecular weight is 679 g/mol. The lowest BCUT2D eigenvalue weighted by molar-refractivity contribution is 0.210. The molecule has 1 aliphatic rings. The molecular weight excluding hydrogens is 651 g/mol. The summed E-state index contributed by atoms with van der Waals surface area (Å²) in [6.45, 7) is 3.18. The Bertz CT molecular complexity index is 1130. The van der Waals surface area contributed by atoms with Crippen molar-refractivity contribution >= 4 is 81.7 Å². The van der Waals surface area contributed by atoms with Gasteiger partial charge in [-0.05, 0) is 61.1 Å². The van der Waals surface area contributed by atoms with Crippen molar-refractivity contribution in [1.29, 1.82) is 0 Å². The van der Waals surface area contributed by atoms with Crippen molar-refractivity contribution < 1.29 is 18.4 Å². The van der Waals surface area contributed by atoms with E-state index in [-0.39, 0.29) is 11.1 Å². The Morgan fingerprint density at radius 2 is 1.07 bits per heavy atom. The van der Waals surface area contributed by atoms with Gasteiger partial charge in [0.05, 0.1) is 12.1 Å². The highest BCUT2D eigenvalue weighted by atomic mass is 35.6. The minimum Gasteiger partial charge on any atom is -0.333 e. The van der Waals surface area contributed by atoms with E-state index in [9.17, 15) is 18.4 Å². The van der Waals surface area contributed by atoms with Crippen LogP contribution in [-0.2, 0) is 0 Å². The van der Waals surface area contributed by atoms with Crippen molar-refractivity contribution in [2.24, 2.45) is 0 Å². The van der Waals surface area contributed by atoms with Gasteiger partial charge in [0.1, 0.15) is 23.7 Å². The Kier molecular flexibility index (Phi) is 11.3. The molecule has 2 aromatic carbocycles. The summed E-state index contributed by atoms with van der Waals surface area (Å²) in [6.07, 6.45) is 2.68. The van der Waals surface area contributed by atoms with E-state index in [1.54, 1.807) is 26.0 Å². The average Bonchev–Trinajstić information content (AvgIpc) is 2.84. The molecule has 1 fully saturated rings. The molecule has 1 aliphatic carbocycles. The molecule has 4 atom stereocenters. The quantitative estimate of drug-likeness (QED) is 0.234. The lowest BCUT2D eigenvalue weighted by Gasteiger charge is -2.35. The number of aryl methyl sites for hydroxylation is 2. The third-order valence-electron chi connectivity index (χ3n) is 6.66. The van der Waals surface area contributed by atoms with Gasteiger partial charge in [0.2, 0.25) is 7.59 Å². The molecule has 220 valence electrons. The summed E-state index contributed by atoms with van der Waals surface area (Å²) in [5.74, 6) is -1.02. The maximum atomic E-state index is 14.2. The van der Waals surface area contributed by atoms with Crippen LogP contribution in [0.25, 0.3) is 0 Å². The Morgan fingerprint density at radius 3 is 1.38 bits per heavy atom. The van der Waals surface area contributed by atoms with Gasteiger partial charge < -0.3 is 21.3 Å². The molecule has 0 aromatic heterocycles. The first-order valence-corrected chi connectivity index (χ1v) is 14.6. The molecule has 0 bridgehead atoms. The van der Waals surface area contributed by atoms with Crippen molar-refractivity contribution in [2.45, 2.75) is 71.3 Å². The second-order valence-corrected chi connectivity index (χ2v) is 14.4. The number of amides is 4. The summed E-state index contributed by atoms with van der Waals surface area (Å²) >= 11 is 36.7. The van der Waals surface area contributed by atoms with Crippen molar-refractivity contribution in [1.82, 2.24) is 21.3 Å². The molecule has 0 saturated heterocycles. The van der Waals surface area contributed by atoms with Gasteiger partial charge in [-0.1, -0.05) is 107 Å². The maximum Gasteiger partial charge on any atom is 0.315 e. The first kappa shape index (κ1) is 33.1. The zero-order chi connectivity index (χ0) is 29.8. The number of benzene rings is 2. The van der Waals surface area contributed by atoms with E-state index in [2.05, 4.69) is 21.3 Å². The molecule has 0 aliphatic heterocycles. The second kappa shape index (κ2) is 13.7. The number of nitrogens with one attached hydrogen (secondary N) is 4. The number of hydrogen-bond donors (Lipinski definition) is 4. The number of rotatable bonds is 6. The van der Waals surface area contributed by atoms with E-state index >= 15 is 0 Å². The molecule has 0 spiro atoms. The van der Waals surface area contributed by atoms with Crippen LogP contribution in [0.4, 0.5) is 18.4 Å². The lowest BCUT2D eigenvalue weighted by Crippen LogP contribution is -2.58. The van der Waals surface area contributed by atoms with Crippen LogP contribution in [0.3, 0.4) is 0 Å². The molecular formula is C26H28Cl6F2N4O2. The zero-order valence-electron chi connectivity index (χ0n) is 21.4. The number of halogens is 8. The number of urea groups is 2. The molecule has 3 rings (SSSR count). The van der Waals surface area contributed by atoms with Crippen molar-refractivity contribution in [2.75, 3.05) is 0 Å². The summed E-state index contributed by atoms with van der Waals surface area (Å²) in [7, 11) is 0. The summed E-state index contributed by atoms with van der Waals surface area (Å²) < 4.78 is 24.4. The van der Waals surface area contributed by atoms with Crippen molar-refractivity contribution in [3.05, 3.63) is 70.3 Å². The van der Waals surface area contributed by atoms with Crippen LogP contribution in [0.1, 0.15) is 60.0 Å². The zero-order valence-corrected chi connectivity index (χ0v) is 26.0. The molecule has 0 unspecified atom stereocenters. The number of carbonyl (C=O) groups is 2. The fraction of sp³-hybridized carbons (Fsp3) is 0.462. The normalized spacial score (nSPS) is 19.4. The van der Waals surface area contributed by atoms with Gasteiger partial charge in [-0.15, -0.1) is 0 Å². The Hall–Kier alpha value is -1.42. The SMILES string of the molecule is Cc1ccc([C@H](NC(=O)N[C@H]2CCCC[C@@H]2NC(=O)N[C@@H](c2ccc(C)c(F)c2)C(Cl)(Cl)Cl)C(Cl)(Cl)Cl)cc1F. The van der Waals surface area contributed by atoms with E-state index in [4.69, 9.17) is 69.6 Å². The fourth-order valence-electron chi connectivity index (χ4n) is 4.44. The van der Waals surface area contributed by atoms with Gasteiger partial charge in [-0.25, -0.2) is 18.4 Å². The Morgan fingerprint density at radius 1 is 0.725 bits per heavy atom. The Balaban J connectivity index is 1.70. The molecule has 6 nitrogen and oxygen atoms in total. The Labute approximate surface area is 261 Å². The molecule has 4 amide bonds. The summed E-state index contributed by atoms with van der Waals surface area (Å²) in [6, 6.07) is 3.88. The summed E-state index contributed by atoms with van der Waals surface area (Å²) in [4.78, 5) is 25.9. The van der Waals surface area contributed by atoms with Gasteiger partial charge in [0.15, 0.2) is 0 Å². The van der Waals surface area contributed by atoms with Crippen LogP contribution in [0.15, 0.2) is 36.4 Å². The minimum absolute atomic E-state index is 0.265. The molecule has 0 heterocycles. The van der Waals surface area contributed by atoms with Crippen LogP contribution in [0.5, 0.6) is 0 Å². The van der Waals surface area contributed by atoms with Gasteiger partial charge in [0.25, 0.3) is 0 Å². The van der Waals surface area contributed by atoms with E-state index in [0.717, 1.165) is 12.8 Å². The fourth-order valence-corrected chi connectivity index (χ4v) is 5.53. The van der Waals surface area contributed by atoms with E-state index < -0.39 is 55.4 Å². The van der Waals surface area contributed by atoms with Crippen LogP contribution < -0.4 is 21.3 Å². The first-order chi connectivity index (χ1) is 18.6. The lowest BCUT2D eigenvalue weighted by atomic mass is 9.90. The summed E-state index contributed by atoms with van der Waals surface area (Å²) in [5, 5.41) is 10.8. The van der Waals surface area contributed by atoms with E-state index in [0.29, 0.717) is 24.0 Å². The molecule has 14 heteroatoms. The highest BCUT2D eigenvalue weighted by Crippen LogP contribution is 2.41. The molecule has 1 saturated carbocycles. The van der Waals surface area contributed by atoms with Crippen molar-refractivity contribution in [3.8, 4) is 0 Å². The largest absolute Gasteiger partial charge is 0.333 e. The van der Waals surface area contributed by atoms with Gasteiger partial charge in [-0.2, -0.15) is 0 Å².